The molecule has 0 saturated carbocycles. The lowest BCUT2D eigenvalue weighted by atomic mass is 10.1. The third-order valence-corrected chi connectivity index (χ3v) is 5.60. The number of hydrogen-bond acceptors (Lipinski definition) is 5. The molecule has 8 heteroatoms. The number of phenols is 1. The normalized spacial score (nSPS) is 10.8. The number of benzene rings is 3. The number of halogens is 1. The summed E-state index contributed by atoms with van der Waals surface area (Å²) in [7, 11) is 0. The van der Waals surface area contributed by atoms with E-state index in [1.165, 1.54) is 6.07 Å². The maximum atomic E-state index is 12.3. The standard InChI is InChI=1S/C23H18IN3O3S/c1-2-13-3-10-20-18(11-13)26-22(30-20)17-9-8-16(12-19(17)28)25-23(31)27-21(29)14-4-6-15(24)7-5-14/h3-12,28H,2H2,1H3,(H2,25,27,29,31). The Morgan fingerprint density at radius 3 is 2.61 bits per heavy atom. The van der Waals surface area contributed by atoms with Crippen molar-refractivity contribution in [1.82, 2.24) is 10.3 Å². The van der Waals surface area contributed by atoms with Gasteiger partial charge in [-0.2, -0.15) is 0 Å². The monoisotopic (exact) mass is 543 g/mol. The van der Waals surface area contributed by atoms with Crippen LogP contribution in [0.4, 0.5) is 5.69 Å². The Bertz CT molecular complexity index is 1290. The molecule has 0 aliphatic carbocycles. The molecular formula is C23H18IN3O3S. The van der Waals surface area contributed by atoms with Crippen LogP contribution in [-0.4, -0.2) is 21.1 Å². The predicted molar refractivity (Wildman–Crippen MR) is 133 cm³/mol. The van der Waals surface area contributed by atoms with E-state index in [0.29, 0.717) is 28.3 Å². The highest BCUT2D eigenvalue weighted by Crippen LogP contribution is 2.33. The van der Waals surface area contributed by atoms with E-state index >= 15 is 0 Å². The average Bonchev–Trinajstić information content (AvgIpc) is 3.17. The molecule has 156 valence electrons. The van der Waals surface area contributed by atoms with E-state index in [0.717, 1.165) is 21.1 Å². The first-order valence-corrected chi connectivity index (χ1v) is 11.0. The van der Waals surface area contributed by atoms with Crippen molar-refractivity contribution in [2.45, 2.75) is 13.3 Å². The number of aromatic hydroxyl groups is 1. The highest BCUT2D eigenvalue weighted by Gasteiger charge is 2.14. The van der Waals surface area contributed by atoms with Crippen LogP contribution in [0.3, 0.4) is 0 Å². The number of thiocarbonyl (C=S) groups is 1. The lowest BCUT2D eigenvalue weighted by Crippen LogP contribution is -2.34. The number of rotatable bonds is 4. The van der Waals surface area contributed by atoms with E-state index in [-0.39, 0.29) is 16.8 Å². The van der Waals surface area contributed by atoms with Crippen molar-refractivity contribution in [2.24, 2.45) is 0 Å². The number of phenolic OH excluding ortho intramolecular Hbond substituents is 1. The second kappa shape index (κ2) is 9.03. The summed E-state index contributed by atoms with van der Waals surface area (Å²) >= 11 is 7.39. The van der Waals surface area contributed by atoms with Crippen molar-refractivity contribution in [3.63, 3.8) is 0 Å². The zero-order chi connectivity index (χ0) is 22.0. The van der Waals surface area contributed by atoms with Crippen LogP contribution in [0.5, 0.6) is 5.75 Å². The fourth-order valence-electron chi connectivity index (χ4n) is 3.04. The van der Waals surface area contributed by atoms with E-state index in [1.54, 1.807) is 24.3 Å². The number of amides is 1. The Hall–Kier alpha value is -2.98. The van der Waals surface area contributed by atoms with Gasteiger partial charge in [-0.15, -0.1) is 0 Å². The summed E-state index contributed by atoms with van der Waals surface area (Å²) in [4.78, 5) is 16.8. The number of hydrogen-bond donors (Lipinski definition) is 3. The number of aromatic nitrogens is 1. The lowest BCUT2D eigenvalue weighted by molar-refractivity contribution is 0.0977. The van der Waals surface area contributed by atoms with Gasteiger partial charge in [0.2, 0.25) is 5.89 Å². The van der Waals surface area contributed by atoms with Crippen molar-refractivity contribution in [1.29, 1.82) is 0 Å². The summed E-state index contributed by atoms with van der Waals surface area (Å²) < 4.78 is 6.83. The number of nitrogens with zero attached hydrogens (tertiary/aromatic N) is 1. The quantitative estimate of drug-likeness (QED) is 0.233. The van der Waals surface area contributed by atoms with Gasteiger partial charge in [-0.1, -0.05) is 13.0 Å². The van der Waals surface area contributed by atoms with Gasteiger partial charge >= 0.3 is 0 Å². The molecule has 1 aromatic heterocycles. The molecule has 0 aliphatic heterocycles. The van der Waals surface area contributed by atoms with Gasteiger partial charge < -0.3 is 14.8 Å². The van der Waals surface area contributed by atoms with Crippen LogP contribution in [0.25, 0.3) is 22.6 Å². The molecule has 0 fully saturated rings. The minimum atomic E-state index is -0.312. The molecule has 0 spiro atoms. The Balaban J connectivity index is 1.47. The first-order valence-electron chi connectivity index (χ1n) is 9.53. The van der Waals surface area contributed by atoms with E-state index in [9.17, 15) is 9.90 Å². The van der Waals surface area contributed by atoms with E-state index in [2.05, 4.69) is 45.1 Å². The molecule has 0 radical (unpaired) electrons. The van der Waals surface area contributed by atoms with Crippen molar-refractivity contribution in [3.8, 4) is 17.2 Å². The number of anilines is 1. The second-order valence-corrected chi connectivity index (χ2v) is 8.48. The molecule has 0 aliphatic rings. The Morgan fingerprint density at radius 1 is 1.13 bits per heavy atom. The molecule has 0 saturated heterocycles. The Kier molecular flexibility index (Phi) is 6.19. The summed E-state index contributed by atoms with van der Waals surface area (Å²) in [6, 6.07) is 17.9. The van der Waals surface area contributed by atoms with Crippen molar-refractivity contribution in [2.75, 3.05) is 5.32 Å². The third-order valence-electron chi connectivity index (χ3n) is 4.68. The second-order valence-electron chi connectivity index (χ2n) is 6.82. The maximum Gasteiger partial charge on any atom is 0.257 e. The van der Waals surface area contributed by atoms with E-state index < -0.39 is 0 Å². The molecule has 0 unspecified atom stereocenters. The Labute approximate surface area is 197 Å². The summed E-state index contributed by atoms with van der Waals surface area (Å²) in [5.41, 5.74) is 4.07. The fourth-order valence-corrected chi connectivity index (χ4v) is 3.61. The molecule has 4 aromatic rings. The summed E-state index contributed by atoms with van der Waals surface area (Å²) in [6.45, 7) is 2.08. The molecule has 3 aromatic carbocycles. The van der Waals surface area contributed by atoms with Crippen LogP contribution in [0, 0.1) is 3.57 Å². The van der Waals surface area contributed by atoms with Gasteiger partial charge in [0.05, 0.1) is 5.56 Å². The highest BCUT2D eigenvalue weighted by atomic mass is 127. The fraction of sp³-hybridized carbons (Fsp3) is 0.0870. The van der Waals surface area contributed by atoms with Crippen molar-refractivity contribution in [3.05, 3.63) is 75.4 Å². The maximum absolute atomic E-state index is 12.3. The van der Waals surface area contributed by atoms with E-state index in [4.69, 9.17) is 16.6 Å². The van der Waals surface area contributed by atoms with E-state index in [1.807, 2.05) is 30.3 Å². The minimum absolute atomic E-state index is 0.0148. The lowest BCUT2D eigenvalue weighted by Gasteiger charge is -2.11. The number of carbonyl (C=O) groups is 1. The molecule has 0 atom stereocenters. The zero-order valence-corrected chi connectivity index (χ0v) is 19.5. The van der Waals surface area contributed by atoms with Crippen LogP contribution in [-0.2, 0) is 6.42 Å². The topological polar surface area (TPSA) is 87.4 Å². The smallest absolute Gasteiger partial charge is 0.257 e. The molecular weight excluding hydrogens is 525 g/mol. The van der Waals surface area contributed by atoms with Gasteiger partial charge in [-0.25, -0.2) is 4.98 Å². The summed E-state index contributed by atoms with van der Waals surface area (Å²) in [5.74, 6) is 0.00795. The van der Waals surface area contributed by atoms with Crippen LogP contribution in [0.15, 0.2) is 65.1 Å². The van der Waals surface area contributed by atoms with Crippen LogP contribution in [0.1, 0.15) is 22.8 Å². The van der Waals surface area contributed by atoms with Gasteiger partial charge in [0, 0.05) is 20.9 Å². The number of aryl methyl sites for hydroxylation is 1. The largest absolute Gasteiger partial charge is 0.507 e. The molecule has 1 amide bonds. The molecule has 4 rings (SSSR count). The molecule has 31 heavy (non-hydrogen) atoms. The summed E-state index contributed by atoms with van der Waals surface area (Å²) in [5, 5.41) is 16.2. The van der Waals surface area contributed by atoms with Crippen LogP contribution < -0.4 is 10.6 Å². The predicted octanol–water partition coefficient (Wildman–Crippen LogP) is 5.49. The minimum Gasteiger partial charge on any atom is -0.507 e. The first-order chi connectivity index (χ1) is 14.9. The van der Waals surface area contributed by atoms with Gasteiger partial charge in [0.15, 0.2) is 10.7 Å². The molecule has 0 bridgehead atoms. The molecule has 6 nitrogen and oxygen atoms in total. The number of oxazole rings is 1. The average molecular weight is 543 g/mol. The van der Waals surface area contributed by atoms with Crippen LogP contribution >= 0.6 is 34.8 Å². The van der Waals surface area contributed by atoms with Gasteiger partial charge in [-0.3, -0.25) is 10.1 Å². The number of fused-ring (bicyclic) bond motifs is 1. The van der Waals surface area contributed by atoms with Crippen molar-refractivity contribution < 1.29 is 14.3 Å². The Morgan fingerprint density at radius 2 is 1.90 bits per heavy atom. The van der Waals surface area contributed by atoms with Gasteiger partial charge in [0.25, 0.3) is 5.91 Å². The highest BCUT2D eigenvalue weighted by molar-refractivity contribution is 14.1. The number of carbonyl (C=O) groups excluding carboxylic acids is 1. The summed E-state index contributed by atoms with van der Waals surface area (Å²) in [6.07, 6.45) is 0.907. The van der Waals surface area contributed by atoms with Gasteiger partial charge in [0.1, 0.15) is 11.3 Å². The number of nitrogens with one attached hydrogen (secondary N) is 2. The van der Waals surface area contributed by atoms with Gasteiger partial charge in [-0.05, 0) is 95.3 Å². The zero-order valence-electron chi connectivity index (χ0n) is 16.5. The SMILES string of the molecule is CCc1ccc2oc(-c3ccc(NC(=S)NC(=O)c4ccc(I)cc4)cc3O)nc2c1. The third kappa shape index (κ3) is 4.86. The molecule has 3 N–H and O–H groups in total. The van der Waals surface area contributed by atoms with Crippen LogP contribution in [0.2, 0.25) is 0 Å². The van der Waals surface area contributed by atoms with Crippen molar-refractivity contribution >= 4 is 62.6 Å². The first kappa shape index (κ1) is 21.3. The molecule has 1 heterocycles.